The monoisotopic (exact) mass is 322 g/mol. The van der Waals surface area contributed by atoms with Gasteiger partial charge in [0.25, 0.3) is 5.24 Å². The van der Waals surface area contributed by atoms with Crippen LogP contribution in [0.5, 0.6) is 11.5 Å². The normalized spacial score (nSPS) is 16.2. The van der Waals surface area contributed by atoms with Crippen LogP contribution in [0.25, 0.3) is 0 Å². The van der Waals surface area contributed by atoms with Crippen molar-refractivity contribution in [2.24, 2.45) is 0 Å². The average Bonchev–Trinajstić information content (AvgIpc) is 3.13. The van der Waals surface area contributed by atoms with Crippen molar-refractivity contribution in [1.82, 2.24) is 9.80 Å². The second-order valence-electron chi connectivity index (χ2n) is 5.29. The van der Waals surface area contributed by atoms with Crippen molar-refractivity contribution < 1.29 is 19.1 Å². The Balaban J connectivity index is 1.51. The summed E-state index contributed by atoms with van der Waals surface area (Å²) in [7, 11) is 1.77. The van der Waals surface area contributed by atoms with Crippen LogP contribution in [0.4, 0.5) is 4.79 Å². The van der Waals surface area contributed by atoms with Gasteiger partial charge in [0.15, 0.2) is 11.5 Å². The van der Waals surface area contributed by atoms with E-state index in [1.54, 1.807) is 16.8 Å². The maximum absolute atomic E-state index is 12.2. The van der Waals surface area contributed by atoms with E-state index >= 15 is 0 Å². The van der Waals surface area contributed by atoms with Crippen LogP contribution in [0.15, 0.2) is 18.2 Å². The standard InChI is InChI=1S/C15H18N2O4S/c1-16(14(18)4-5-17-6-7-22-15(17)19)9-11-2-3-12-13(8-11)21-10-20-12/h2-3,8H,4-7,9-10H2,1H3. The predicted octanol–water partition coefficient (Wildman–Crippen LogP) is 1.93. The van der Waals surface area contributed by atoms with Gasteiger partial charge in [-0.15, -0.1) is 0 Å². The number of nitrogens with zero attached hydrogens (tertiary/aromatic N) is 2. The Kier molecular flexibility index (Phi) is 4.42. The second-order valence-corrected chi connectivity index (χ2v) is 6.33. The molecular weight excluding hydrogens is 304 g/mol. The lowest BCUT2D eigenvalue weighted by molar-refractivity contribution is -0.130. The van der Waals surface area contributed by atoms with Crippen molar-refractivity contribution >= 4 is 22.9 Å². The van der Waals surface area contributed by atoms with Crippen molar-refractivity contribution in [1.29, 1.82) is 0 Å². The number of amides is 2. The molecule has 0 bridgehead atoms. The summed E-state index contributed by atoms with van der Waals surface area (Å²) < 4.78 is 10.6. The highest BCUT2D eigenvalue weighted by Gasteiger charge is 2.22. The third-order valence-electron chi connectivity index (χ3n) is 3.72. The zero-order chi connectivity index (χ0) is 15.5. The number of carbonyl (C=O) groups excluding carboxylic acids is 2. The Hall–Kier alpha value is -1.89. The first-order valence-electron chi connectivity index (χ1n) is 7.17. The number of ether oxygens (including phenoxy) is 2. The Morgan fingerprint density at radius 1 is 1.36 bits per heavy atom. The topological polar surface area (TPSA) is 59.1 Å². The third kappa shape index (κ3) is 3.30. The predicted molar refractivity (Wildman–Crippen MR) is 83.1 cm³/mol. The highest BCUT2D eigenvalue weighted by Crippen LogP contribution is 2.32. The number of fused-ring (bicyclic) bond motifs is 1. The second kappa shape index (κ2) is 6.48. The quantitative estimate of drug-likeness (QED) is 0.829. The Morgan fingerprint density at radius 3 is 2.95 bits per heavy atom. The van der Waals surface area contributed by atoms with E-state index in [-0.39, 0.29) is 17.9 Å². The molecule has 2 aliphatic heterocycles. The van der Waals surface area contributed by atoms with E-state index in [1.165, 1.54) is 11.8 Å². The van der Waals surface area contributed by atoms with Crippen LogP contribution >= 0.6 is 11.8 Å². The summed E-state index contributed by atoms with van der Waals surface area (Å²) in [6.45, 7) is 1.99. The van der Waals surface area contributed by atoms with Crippen molar-refractivity contribution in [2.45, 2.75) is 13.0 Å². The number of rotatable bonds is 5. The van der Waals surface area contributed by atoms with Crippen molar-refractivity contribution in [3.63, 3.8) is 0 Å². The van der Waals surface area contributed by atoms with Gasteiger partial charge in [-0.3, -0.25) is 9.59 Å². The molecule has 0 aromatic heterocycles. The zero-order valence-electron chi connectivity index (χ0n) is 12.4. The van der Waals surface area contributed by atoms with Gasteiger partial charge in [0.1, 0.15) is 0 Å². The molecule has 0 saturated carbocycles. The van der Waals surface area contributed by atoms with Crippen LogP contribution in [-0.4, -0.2) is 53.6 Å². The molecule has 7 heteroatoms. The van der Waals surface area contributed by atoms with E-state index in [0.29, 0.717) is 19.5 Å². The Labute approximate surface area is 133 Å². The molecule has 6 nitrogen and oxygen atoms in total. The van der Waals surface area contributed by atoms with Gasteiger partial charge in [-0.2, -0.15) is 0 Å². The molecule has 3 rings (SSSR count). The lowest BCUT2D eigenvalue weighted by atomic mass is 10.2. The minimum absolute atomic E-state index is 0.0300. The van der Waals surface area contributed by atoms with Crippen LogP contribution in [0.2, 0.25) is 0 Å². The van der Waals surface area contributed by atoms with Crippen molar-refractivity contribution in [2.75, 3.05) is 32.7 Å². The molecule has 1 saturated heterocycles. The summed E-state index contributed by atoms with van der Waals surface area (Å²) in [4.78, 5) is 27.1. The maximum atomic E-state index is 12.2. The number of benzene rings is 1. The number of thioether (sulfide) groups is 1. The summed E-state index contributed by atoms with van der Waals surface area (Å²) >= 11 is 1.32. The Morgan fingerprint density at radius 2 is 2.18 bits per heavy atom. The molecule has 0 atom stereocenters. The van der Waals surface area contributed by atoms with Gasteiger partial charge in [-0.05, 0) is 17.7 Å². The molecule has 0 unspecified atom stereocenters. The van der Waals surface area contributed by atoms with Crippen LogP contribution in [0, 0.1) is 0 Å². The molecule has 2 amide bonds. The molecule has 2 aliphatic rings. The minimum Gasteiger partial charge on any atom is -0.454 e. The van der Waals surface area contributed by atoms with Crippen LogP contribution in [0.3, 0.4) is 0 Å². The van der Waals surface area contributed by atoms with Crippen molar-refractivity contribution in [3.8, 4) is 11.5 Å². The van der Waals surface area contributed by atoms with E-state index in [2.05, 4.69) is 0 Å². The van der Waals surface area contributed by atoms with Gasteiger partial charge in [0, 0.05) is 38.9 Å². The van der Waals surface area contributed by atoms with Gasteiger partial charge < -0.3 is 19.3 Å². The maximum Gasteiger partial charge on any atom is 0.281 e. The molecule has 118 valence electrons. The molecule has 22 heavy (non-hydrogen) atoms. The lowest BCUT2D eigenvalue weighted by Gasteiger charge is -2.20. The fourth-order valence-electron chi connectivity index (χ4n) is 2.45. The molecule has 1 aromatic rings. The summed E-state index contributed by atoms with van der Waals surface area (Å²) in [5.74, 6) is 2.31. The van der Waals surface area contributed by atoms with Crippen LogP contribution in [-0.2, 0) is 11.3 Å². The fourth-order valence-corrected chi connectivity index (χ4v) is 3.30. The summed E-state index contributed by atoms with van der Waals surface area (Å²) in [5, 5.41) is 0.0752. The van der Waals surface area contributed by atoms with Crippen molar-refractivity contribution in [3.05, 3.63) is 23.8 Å². The first kappa shape index (κ1) is 15.0. The molecule has 1 fully saturated rings. The van der Waals surface area contributed by atoms with E-state index in [9.17, 15) is 9.59 Å². The number of hydrogen-bond acceptors (Lipinski definition) is 5. The fraction of sp³-hybridized carbons (Fsp3) is 0.467. The number of hydrogen-bond donors (Lipinski definition) is 0. The van der Waals surface area contributed by atoms with Gasteiger partial charge in [0.05, 0.1) is 0 Å². The first-order chi connectivity index (χ1) is 10.6. The first-order valence-corrected chi connectivity index (χ1v) is 8.16. The average molecular weight is 322 g/mol. The van der Waals surface area contributed by atoms with Gasteiger partial charge >= 0.3 is 0 Å². The molecule has 1 aromatic carbocycles. The smallest absolute Gasteiger partial charge is 0.281 e. The van der Waals surface area contributed by atoms with Crippen LogP contribution < -0.4 is 9.47 Å². The minimum atomic E-state index is 0.0300. The summed E-state index contributed by atoms with van der Waals surface area (Å²) in [6, 6.07) is 5.68. The SMILES string of the molecule is CN(Cc1ccc2c(c1)OCO2)C(=O)CCN1CCSC1=O. The summed E-state index contributed by atoms with van der Waals surface area (Å²) in [5.41, 5.74) is 0.993. The molecule has 2 heterocycles. The zero-order valence-corrected chi connectivity index (χ0v) is 13.2. The Bertz CT molecular complexity index is 593. The van der Waals surface area contributed by atoms with Gasteiger partial charge in [-0.25, -0.2) is 0 Å². The van der Waals surface area contributed by atoms with E-state index in [1.807, 2.05) is 18.2 Å². The highest BCUT2D eigenvalue weighted by atomic mass is 32.2. The molecule has 0 radical (unpaired) electrons. The van der Waals surface area contributed by atoms with Crippen LogP contribution in [0.1, 0.15) is 12.0 Å². The molecular formula is C15H18N2O4S. The summed E-state index contributed by atoms with van der Waals surface area (Å²) in [6.07, 6.45) is 0.355. The van der Waals surface area contributed by atoms with Gasteiger partial charge in [0.2, 0.25) is 12.7 Å². The lowest BCUT2D eigenvalue weighted by Crippen LogP contribution is -2.32. The molecule has 0 spiro atoms. The molecule has 0 N–H and O–H groups in total. The number of carbonyl (C=O) groups is 2. The third-order valence-corrected chi connectivity index (χ3v) is 4.61. The molecule has 0 aliphatic carbocycles. The highest BCUT2D eigenvalue weighted by molar-refractivity contribution is 8.13. The van der Waals surface area contributed by atoms with Gasteiger partial charge in [-0.1, -0.05) is 17.8 Å². The largest absolute Gasteiger partial charge is 0.454 e. The van der Waals surface area contributed by atoms with E-state index in [4.69, 9.17) is 9.47 Å². The van der Waals surface area contributed by atoms with E-state index in [0.717, 1.165) is 29.4 Å². The van der Waals surface area contributed by atoms with E-state index < -0.39 is 0 Å².